The molecular formula is C20H24N4O3. The Morgan fingerprint density at radius 1 is 1.37 bits per heavy atom. The molecule has 2 saturated heterocycles. The van der Waals surface area contributed by atoms with Crippen LogP contribution in [0.3, 0.4) is 0 Å². The van der Waals surface area contributed by atoms with Crippen molar-refractivity contribution in [3.8, 4) is 6.07 Å². The first-order valence-corrected chi connectivity index (χ1v) is 9.35. The Hall–Kier alpha value is -2.88. The average Bonchev–Trinajstić information content (AvgIpc) is 2.91. The summed E-state index contributed by atoms with van der Waals surface area (Å²) in [6, 6.07) is 8.21. The third kappa shape index (κ3) is 3.39. The van der Waals surface area contributed by atoms with Gasteiger partial charge in [-0.05, 0) is 50.3 Å². The van der Waals surface area contributed by atoms with Crippen molar-refractivity contribution in [3.05, 3.63) is 35.4 Å². The highest BCUT2D eigenvalue weighted by Gasteiger charge is 2.50. The molecule has 27 heavy (non-hydrogen) atoms. The van der Waals surface area contributed by atoms with Crippen LogP contribution >= 0.6 is 0 Å². The van der Waals surface area contributed by atoms with Crippen molar-refractivity contribution in [1.82, 2.24) is 15.1 Å². The Kier molecular flexibility index (Phi) is 5.17. The summed E-state index contributed by atoms with van der Waals surface area (Å²) >= 11 is 0. The van der Waals surface area contributed by atoms with Gasteiger partial charge in [0.05, 0.1) is 11.6 Å². The first-order valence-electron chi connectivity index (χ1n) is 9.35. The Balaban J connectivity index is 1.79. The average molecular weight is 368 g/mol. The van der Waals surface area contributed by atoms with E-state index in [9.17, 15) is 14.4 Å². The predicted octanol–water partition coefficient (Wildman–Crippen LogP) is 2.12. The molecule has 1 aromatic carbocycles. The zero-order chi connectivity index (χ0) is 19.6. The van der Waals surface area contributed by atoms with Gasteiger partial charge in [0, 0.05) is 12.6 Å². The van der Waals surface area contributed by atoms with Crippen molar-refractivity contribution in [2.75, 3.05) is 13.1 Å². The molecule has 0 radical (unpaired) electrons. The van der Waals surface area contributed by atoms with Crippen molar-refractivity contribution < 1.29 is 14.4 Å². The second-order valence-corrected chi connectivity index (χ2v) is 7.28. The second-order valence-electron chi connectivity index (χ2n) is 7.28. The maximum Gasteiger partial charge on any atom is 0.325 e. The fourth-order valence-electron chi connectivity index (χ4n) is 3.92. The Morgan fingerprint density at radius 2 is 2.15 bits per heavy atom. The SMILES string of the molecule is CC[C@@H]1CCCCN1C(=O)CN1C(=O)N[C@@](C)(c2cccc(C#N)c2)C1=O. The molecule has 2 aliphatic rings. The number of urea groups is 1. The van der Waals surface area contributed by atoms with Crippen LogP contribution in [0.2, 0.25) is 0 Å². The molecule has 2 heterocycles. The van der Waals surface area contributed by atoms with Gasteiger partial charge < -0.3 is 10.2 Å². The third-order valence-electron chi connectivity index (χ3n) is 5.56. The largest absolute Gasteiger partial charge is 0.338 e. The number of rotatable bonds is 4. The topological polar surface area (TPSA) is 93.5 Å². The molecule has 142 valence electrons. The summed E-state index contributed by atoms with van der Waals surface area (Å²) in [7, 11) is 0. The Labute approximate surface area is 158 Å². The molecule has 7 nitrogen and oxygen atoms in total. The molecule has 2 aliphatic heterocycles. The van der Waals surface area contributed by atoms with Crippen LogP contribution in [0, 0.1) is 11.3 Å². The number of piperidine rings is 1. The zero-order valence-corrected chi connectivity index (χ0v) is 15.7. The van der Waals surface area contributed by atoms with Crippen molar-refractivity contribution in [2.45, 2.75) is 51.1 Å². The molecule has 4 amide bonds. The van der Waals surface area contributed by atoms with Gasteiger partial charge in [-0.25, -0.2) is 4.79 Å². The van der Waals surface area contributed by atoms with E-state index in [1.54, 1.807) is 36.1 Å². The highest BCUT2D eigenvalue weighted by Crippen LogP contribution is 2.29. The number of imide groups is 1. The van der Waals surface area contributed by atoms with Crippen LogP contribution < -0.4 is 5.32 Å². The molecule has 0 aromatic heterocycles. The number of likely N-dealkylation sites (tertiary alicyclic amines) is 1. The Bertz CT molecular complexity index is 816. The first kappa shape index (κ1) is 18.9. The highest BCUT2D eigenvalue weighted by atomic mass is 16.2. The number of nitrogens with zero attached hydrogens (tertiary/aromatic N) is 3. The number of carbonyl (C=O) groups excluding carboxylic acids is 3. The molecule has 0 spiro atoms. The maximum absolute atomic E-state index is 13.0. The minimum absolute atomic E-state index is 0.172. The van der Waals surface area contributed by atoms with Gasteiger partial charge >= 0.3 is 6.03 Å². The van der Waals surface area contributed by atoms with E-state index in [0.717, 1.165) is 30.6 Å². The monoisotopic (exact) mass is 368 g/mol. The van der Waals surface area contributed by atoms with Gasteiger partial charge in [-0.3, -0.25) is 14.5 Å². The van der Waals surface area contributed by atoms with Crippen LogP contribution in [0.5, 0.6) is 0 Å². The van der Waals surface area contributed by atoms with Crippen LogP contribution in [-0.4, -0.2) is 46.8 Å². The minimum atomic E-state index is -1.28. The van der Waals surface area contributed by atoms with Gasteiger partial charge in [-0.2, -0.15) is 5.26 Å². The maximum atomic E-state index is 13.0. The lowest BCUT2D eigenvalue weighted by Crippen LogP contribution is -2.49. The normalized spacial score (nSPS) is 25.3. The molecular weight excluding hydrogens is 344 g/mol. The zero-order valence-electron chi connectivity index (χ0n) is 15.7. The van der Waals surface area contributed by atoms with Crippen molar-refractivity contribution >= 4 is 17.8 Å². The van der Waals surface area contributed by atoms with Gasteiger partial charge in [0.1, 0.15) is 12.1 Å². The lowest BCUT2D eigenvalue weighted by Gasteiger charge is -2.36. The smallest absolute Gasteiger partial charge is 0.325 e. The molecule has 2 atom stereocenters. The fraction of sp³-hybridized carbons (Fsp3) is 0.500. The predicted molar refractivity (Wildman–Crippen MR) is 98.4 cm³/mol. The van der Waals surface area contributed by atoms with Gasteiger partial charge in [-0.15, -0.1) is 0 Å². The minimum Gasteiger partial charge on any atom is -0.338 e. The number of nitriles is 1. The van der Waals surface area contributed by atoms with E-state index in [2.05, 4.69) is 5.32 Å². The highest BCUT2D eigenvalue weighted by molar-refractivity contribution is 6.09. The van der Waals surface area contributed by atoms with E-state index >= 15 is 0 Å². The van der Waals surface area contributed by atoms with Crippen molar-refractivity contribution in [3.63, 3.8) is 0 Å². The van der Waals surface area contributed by atoms with Gasteiger partial charge in [0.25, 0.3) is 5.91 Å². The Morgan fingerprint density at radius 3 is 2.85 bits per heavy atom. The van der Waals surface area contributed by atoms with Crippen molar-refractivity contribution in [1.29, 1.82) is 5.26 Å². The van der Waals surface area contributed by atoms with Crippen LogP contribution in [0.4, 0.5) is 4.79 Å². The number of benzene rings is 1. The molecule has 0 unspecified atom stereocenters. The van der Waals surface area contributed by atoms with E-state index in [1.165, 1.54) is 0 Å². The second kappa shape index (κ2) is 7.39. The van der Waals surface area contributed by atoms with Gasteiger partial charge in [0.15, 0.2) is 0 Å². The summed E-state index contributed by atoms with van der Waals surface area (Å²) in [6.07, 6.45) is 3.87. The van der Waals surface area contributed by atoms with Crippen LogP contribution in [0.25, 0.3) is 0 Å². The van der Waals surface area contributed by atoms with Crippen LogP contribution in [0.1, 0.15) is 50.7 Å². The van der Waals surface area contributed by atoms with Crippen LogP contribution in [-0.2, 0) is 15.1 Å². The van der Waals surface area contributed by atoms with Gasteiger partial charge in [-0.1, -0.05) is 19.1 Å². The quantitative estimate of drug-likeness (QED) is 0.824. The standard InChI is InChI=1S/C20H24N4O3/c1-3-16-9-4-5-10-23(16)17(25)13-24-18(26)20(2,22-19(24)27)15-8-6-7-14(11-15)12-21/h6-8,11,16H,3-5,9-10,13H2,1-2H3,(H,22,27)/t16-,20+/m1/s1. The number of carbonyl (C=O) groups is 3. The lowest BCUT2D eigenvalue weighted by molar-refractivity contribution is -0.141. The van der Waals surface area contributed by atoms with Crippen LogP contribution in [0.15, 0.2) is 24.3 Å². The third-order valence-corrected chi connectivity index (χ3v) is 5.56. The summed E-state index contributed by atoms with van der Waals surface area (Å²) in [4.78, 5) is 41.0. The van der Waals surface area contributed by atoms with E-state index in [-0.39, 0.29) is 18.5 Å². The summed E-state index contributed by atoms with van der Waals surface area (Å²) in [6.45, 7) is 4.06. The summed E-state index contributed by atoms with van der Waals surface area (Å²) < 4.78 is 0. The summed E-state index contributed by atoms with van der Waals surface area (Å²) in [5.41, 5.74) is -0.348. The van der Waals surface area contributed by atoms with Crippen molar-refractivity contribution in [2.24, 2.45) is 0 Å². The molecule has 2 fully saturated rings. The number of nitrogens with one attached hydrogen (secondary N) is 1. The molecule has 1 N–H and O–H groups in total. The molecule has 0 bridgehead atoms. The molecule has 1 aromatic rings. The van der Waals surface area contributed by atoms with E-state index < -0.39 is 17.5 Å². The molecule has 0 aliphatic carbocycles. The lowest BCUT2D eigenvalue weighted by atomic mass is 9.91. The van der Waals surface area contributed by atoms with E-state index in [0.29, 0.717) is 17.7 Å². The fourth-order valence-corrected chi connectivity index (χ4v) is 3.92. The summed E-state index contributed by atoms with van der Waals surface area (Å²) in [5.74, 6) is -0.666. The molecule has 7 heteroatoms. The molecule has 3 rings (SSSR count). The number of hydrogen-bond donors (Lipinski definition) is 1. The van der Waals surface area contributed by atoms with Gasteiger partial charge in [0.2, 0.25) is 5.91 Å². The summed E-state index contributed by atoms with van der Waals surface area (Å²) in [5, 5.41) is 11.8. The number of amides is 4. The first-order chi connectivity index (χ1) is 12.9. The van der Waals surface area contributed by atoms with E-state index in [1.807, 2.05) is 13.0 Å². The molecule has 0 saturated carbocycles. The number of hydrogen-bond acceptors (Lipinski definition) is 4. The van der Waals surface area contributed by atoms with E-state index in [4.69, 9.17) is 5.26 Å².